The maximum Gasteiger partial charge on any atom is 0.134 e. The molecular formula is C26H25NO. The zero-order valence-corrected chi connectivity index (χ0v) is 16.5. The topological polar surface area (TPSA) is 25.2 Å². The summed E-state index contributed by atoms with van der Waals surface area (Å²) in [5, 5.41) is 4.98. The molecule has 0 amide bonds. The third-order valence-corrected chi connectivity index (χ3v) is 6.74. The zero-order chi connectivity index (χ0) is 18.8. The van der Waals surface area contributed by atoms with E-state index in [1.54, 1.807) is 0 Å². The van der Waals surface area contributed by atoms with Gasteiger partial charge in [-0.2, -0.15) is 0 Å². The SMILES string of the molecule is CC1=Cc2c(oc3ccc(C)cc23)C(c2ccc3c(c2)C2C=CCCC2N3)C1. The molecule has 0 bridgehead atoms. The van der Waals surface area contributed by atoms with Crippen molar-refractivity contribution in [2.24, 2.45) is 0 Å². The number of allylic oxidation sites excluding steroid dienone is 2. The van der Waals surface area contributed by atoms with Crippen molar-refractivity contribution in [2.75, 3.05) is 5.32 Å². The van der Waals surface area contributed by atoms with E-state index >= 15 is 0 Å². The van der Waals surface area contributed by atoms with Crippen LogP contribution in [0.15, 0.2) is 58.5 Å². The number of hydrogen-bond donors (Lipinski definition) is 1. The normalized spacial score (nSPS) is 25.1. The first-order valence-corrected chi connectivity index (χ1v) is 10.4. The number of aryl methyl sites for hydroxylation is 1. The van der Waals surface area contributed by atoms with Crippen LogP contribution in [-0.4, -0.2) is 6.04 Å². The molecule has 28 heavy (non-hydrogen) atoms. The zero-order valence-electron chi connectivity index (χ0n) is 16.5. The Balaban J connectivity index is 1.49. The Labute approximate surface area is 165 Å². The van der Waals surface area contributed by atoms with Crippen LogP contribution in [0.5, 0.6) is 0 Å². The summed E-state index contributed by atoms with van der Waals surface area (Å²) in [4.78, 5) is 0. The standard InChI is InChI=1S/C26H25NO/c1-15-7-10-25-21(11-15)22-13-16(2)12-19(26(22)28-25)17-8-9-24-20(14-17)18-5-3-4-6-23(18)27-24/h3,5,7-11,13-14,18-19,23,27H,4,6,12H2,1-2H3. The van der Waals surface area contributed by atoms with Crippen LogP contribution in [0.3, 0.4) is 0 Å². The van der Waals surface area contributed by atoms with Gasteiger partial charge in [0.15, 0.2) is 0 Å². The highest BCUT2D eigenvalue weighted by Crippen LogP contribution is 2.46. The number of furan rings is 1. The van der Waals surface area contributed by atoms with E-state index in [2.05, 4.69) is 73.8 Å². The molecule has 3 atom stereocenters. The molecule has 1 aliphatic heterocycles. The van der Waals surface area contributed by atoms with Crippen LogP contribution in [0.4, 0.5) is 5.69 Å². The minimum absolute atomic E-state index is 0.296. The Morgan fingerprint density at radius 2 is 2.00 bits per heavy atom. The van der Waals surface area contributed by atoms with Crippen molar-refractivity contribution in [3.8, 4) is 0 Å². The fraction of sp³-hybridized carbons (Fsp3) is 0.308. The first kappa shape index (κ1) is 16.2. The van der Waals surface area contributed by atoms with Crippen molar-refractivity contribution in [3.05, 3.63) is 82.1 Å². The van der Waals surface area contributed by atoms with Crippen LogP contribution in [-0.2, 0) is 0 Å². The number of anilines is 1. The Hall–Kier alpha value is -2.74. The summed E-state index contributed by atoms with van der Waals surface area (Å²) in [5.74, 6) is 1.94. The fourth-order valence-corrected chi connectivity index (χ4v) is 5.37. The summed E-state index contributed by atoms with van der Waals surface area (Å²) < 4.78 is 6.41. The summed E-state index contributed by atoms with van der Waals surface area (Å²) in [6, 6.07) is 14.1. The van der Waals surface area contributed by atoms with Gasteiger partial charge in [-0.25, -0.2) is 0 Å². The molecule has 2 heterocycles. The Kier molecular flexibility index (Phi) is 3.41. The summed E-state index contributed by atoms with van der Waals surface area (Å²) in [7, 11) is 0. The maximum atomic E-state index is 6.41. The quantitative estimate of drug-likeness (QED) is 0.473. The Bertz CT molecular complexity index is 1160. The van der Waals surface area contributed by atoms with Gasteiger partial charge in [0.1, 0.15) is 11.3 Å². The van der Waals surface area contributed by atoms with Crippen LogP contribution >= 0.6 is 0 Å². The fourth-order valence-electron chi connectivity index (χ4n) is 5.37. The molecule has 0 spiro atoms. The van der Waals surface area contributed by atoms with Gasteiger partial charge in [0.05, 0.1) is 0 Å². The van der Waals surface area contributed by atoms with Crippen molar-refractivity contribution >= 4 is 22.7 Å². The Morgan fingerprint density at radius 1 is 1.07 bits per heavy atom. The molecule has 0 radical (unpaired) electrons. The van der Waals surface area contributed by atoms with Crippen molar-refractivity contribution < 1.29 is 4.42 Å². The number of fused-ring (bicyclic) bond motifs is 6. The lowest BCUT2D eigenvalue weighted by Gasteiger charge is -2.23. The smallest absolute Gasteiger partial charge is 0.134 e. The van der Waals surface area contributed by atoms with E-state index in [1.807, 2.05) is 0 Å². The van der Waals surface area contributed by atoms with E-state index in [4.69, 9.17) is 4.42 Å². The average Bonchev–Trinajstić information content (AvgIpc) is 3.25. The van der Waals surface area contributed by atoms with E-state index < -0.39 is 0 Å². The third-order valence-electron chi connectivity index (χ3n) is 6.74. The molecule has 3 aromatic rings. The van der Waals surface area contributed by atoms with Gasteiger partial charge in [-0.15, -0.1) is 0 Å². The molecule has 2 heteroatoms. The van der Waals surface area contributed by atoms with Gasteiger partial charge in [-0.3, -0.25) is 0 Å². The van der Waals surface area contributed by atoms with Crippen molar-refractivity contribution in [1.82, 2.24) is 0 Å². The second-order valence-electron chi connectivity index (χ2n) is 8.76. The van der Waals surface area contributed by atoms with Crippen LogP contribution in [0.1, 0.15) is 66.0 Å². The number of rotatable bonds is 1. The van der Waals surface area contributed by atoms with Crippen molar-refractivity contribution in [1.29, 1.82) is 0 Å². The lowest BCUT2D eigenvalue weighted by Crippen LogP contribution is -2.21. The molecule has 0 fully saturated rings. The molecule has 2 aromatic carbocycles. The first-order chi connectivity index (χ1) is 13.7. The molecule has 6 rings (SSSR count). The molecule has 0 saturated heterocycles. The summed E-state index contributed by atoms with van der Waals surface area (Å²) in [5.41, 5.74) is 9.14. The Morgan fingerprint density at radius 3 is 2.93 bits per heavy atom. The molecule has 140 valence electrons. The van der Waals surface area contributed by atoms with Gasteiger partial charge in [-0.1, -0.05) is 47.6 Å². The maximum absolute atomic E-state index is 6.41. The predicted molar refractivity (Wildman–Crippen MR) is 116 cm³/mol. The lowest BCUT2D eigenvalue weighted by atomic mass is 9.81. The van der Waals surface area contributed by atoms with E-state index in [0.717, 1.165) is 17.8 Å². The average molecular weight is 367 g/mol. The molecule has 0 saturated carbocycles. The number of hydrogen-bond acceptors (Lipinski definition) is 2. The van der Waals surface area contributed by atoms with Crippen LogP contribution in [0, 0.1) is 6.92 Å². The molecule has 2 nitrogen and oxygen atoms in total. The first-order valence-electron chi connectivity index (χ1n) is 10.4. The van der Waals surface area contributed by atoms with Gasteiger partial charge in [0.2, 0.25) is 0 Å². The van der Waals surface area contributed by atoms with Gasteiger partial charge < -0.3 is 9.73 Å². The second-order valence-corrected chi connectivity index (χ2v) is 8.76. The van der Waals surface area contributed by atoms with Crippen LogP contribution in [0.2, 0.25) is 0 Å². The van der Waals surface area contributed by atoms with Crippen molar-refractivity contribution in [2.45, 2.75) is 51.0 Å². The largest absolute Gasteiger partial charge is 0.460 e. The highest BCUT2D eigenvalue weighted by atomic mass is 16.3. The molecule has 3 unspecified atom stereocenters. The predicted octanol–water partition coefficient (Wildman–Crippen LogP) is 6.91. The molecule has 1 N–H and O–H groups in total. The molecular weight excluding hydrogens is 342 g/mol. The second kappa shape index (κ2) is 5.88. The minimum atomic E-state index is 0.296. The van der Waals surface area contributed by atoms with E-state index in [9.17, 15) is 0 Å². The molecule has 1 aromatic heterocycles. The van der Waals surface area contributed by atoms with E-state index in [0.29, 0.717) is 17.9 Å². The van der Waals surface area contributed by atoms with E-state index in [1.165, 1.54) is 51.7 Å². The van der Waals surface area contributed by atoms with E-state index in [-0.39, 0.29) is 0 Å². The van der Waals surface area contributed by atoms with Gasteiger partial charge in [0.25, 0.3) is 0 Å². The third kappa shape index (κ3) is 2.33. The monoisotopic (exact) mass is 367 g/mol. The molecule has 2 aliphatic carbocycles. The number of nitrogens with one attached hydrogen (secondary N) is 1. The minimum Gasteiger partial charge on any atom is -0.460 e. The van der Waals surface area contributed by atoms with Crippen molar-refractivity contribution in [3.63, 3.8) is 0 Å². The van der Waals surface area contributed by atoms with Gasteiger partial charge in [0, 0.05) is 34.5 Å². The summed E-state index contributed by atoms with van der Waals surface area (Å²) in [6.45, 7) is 4.40. The summed E-state index contributed by atoms with van der Waals surface area (Å²) in [6.07, 6.45) is 10.5. The van der Waals surface area contributed by atoms with Gasteiger partial charge in [-0.05, 0) is 62.4 Å². The van der Waals surface area contributed by atoms with Gasteiger partial charge >= 0.3 is 0 Å². The highest BCUT2D eigenvalue weighted by molar-refractivity contribution is 5.90. The molecule has 3 aliphatic rings. The summed E-state index contributed by atoms with van der Waals surface area (Å²) >= 11 is 0. The number of benzene rings is 2. The van der Waals surface area contributed by atoms with Crippen LogP contribution < -0.4 is 5.32 Å². The highest BCUT2D eigenvalue weighted by Gasteiger charge is 2.33. The van der Waals surface area contributed by atoms with Crippen LogP contribution in [0.25, 0.3) is 17.0 Å². The lowest BCUT2D eigenvalue weighted by molar-refractivity contribution is 0.512.